The second-order valence-corrected chi connectivity index (χ2v) is 5.10. The van der Waals surface area contributed by atoms with Crippen LogP contribution in [0, 0.1) is 5.92 Å². The molecule has 0 bridgehead atoms. The Morgan fingerprint density at radius 2 is 2.29 bits per heavy atom. The highest BCUT2D eigenvalue weighted by molar-refractivity contribution is 5.82. The molecule has 0 aliphatic carbocycles. The number of amides is 1. The van der Waals surface area contributed by atoms with Gasteiger partial charge < -0.3 is 15.7 Å². The van der Waals surface area contributed by atoms with Crippen molar-refractivity contribution in [1.82, 2.24) is 4.90 Å². The highest BCUT2D eigenvalue weighted by atomic mass is 16.3. The third kappa shape index (κ3) is 3.68. The summed E-state index contributed by atoms with van der Waals surface area (Å²) in [4.78, 5) is 14.2. The Bertz CT molecular complexity index is 246. The minimum atomic E-state index is -0.366. The second-order valence-electron chi connectivity index (χ2n) is 5.10. The van der Waals surface area contributed by atoms with E-state index in [2.05, 4.69) is 6.92 Å². The molecule has 3 unspecified atom stereocenters. The van der Waals surface area contributed by atoms with Gasteiger partial charge in [0.05, 0.1) is 6.04 Å². The molecule has 1 rings (SSSR count). The summed E-state index contributed by atoms with van der Waals surface area (Å²) in [6.45, 7) is 5.13. The van der Waals surface area contributed by atoms with Gasteiger partial charge in [-0.05, 0) is 31.6 Å². The van der Waals surface area contributed by atoms with Gasteiger partial charge in [-0.25, -0.2) is 0 Å². The van der Waals surface area contributed by atoms with Crippen LogP contribution in [0.5, 0.6) is 0 Å². The summed E-state index contributed by atoms with van der Waals surface area (Å²) in [5, 5.41) is 8.86. The van der Waals surface area contributed by atoms with Crippen LogP contribution in [0.25, 0.3) is 0 Å². The van der Waals surface area contributed by atoms with Crippen molar-refractivity contribution in [2.24, 2.45) is 11.7 Å². The van der Waals surface area contributed by atoms with E-state index in [1.807, 2.05) is 11.8 Å². The fourth-order valence-corrected chi connectivity index (χ4v) is 2.44. The van der Waals surface area contributed by atoms with E-state index in [4.69, 9.17) is 10.8 Å². The quantitative estimate of drug-likeness (QED) is 0.733. The molecule has 0 aromatic carbocycles. The fourth-order valence-electron chi connectivity index (χ4n) is 2.44. The maximum absolute atomic E-state index is 12.3. The molecule has 0 saturated carbocycles. The first-order valence-electron chi connectivity index (χ1n) is 6.78. The monoisotopic (exact) mass is 242 g/mol. The van der Waals surface area contributed by atoms with E-state index in [0.29, 0.717) is 6.04 Å². The van der Waals surface area contributed by atoms with Crippen LogP contribution in [-0.4, -0.2) is 41.1 Å². The number of rotatable bonds is 6. The van der Waals surface area contributed by atoms with Crippen LogP contribution >= 0.6 is 0 Å². The van der Waals surface area contributed by atoms with Crippen LogP contribution in [0.4, 0.5) is 0 Å². The topological polar surface area (TPSA) is 66.6 Å². The van der Waals surface area contributed by atoms with Gasteiger partial charge >= 0.3 is 0 Å². The van der Waals surface area contributed by atoms with Gasteiger partial charge in [-0.3, -0.25) is 4.79 Å². The molecule has 1 aliphatic rings. The van der Waals surface area contributed by atoms with Crippen molar-refractivity contribution < 1.29 is 9.90 Å². The Balaban J connectivity index is 2.54. The molecule has 4 nitrogen and oxygen atoms in total. The summed E-state index contributed by atoms with van der Waals surface area (Å²) in [7, 11) is 0. The summed E-state index contributed by atoms with van der Waals surface area (Å²) in [6.07, 6.45) is 4.72. The maximum atomic E-state index is 12.3. The minimum absolute atomic E-state index is 0.0970. The van der Waals surface area contributed by atoms with Crippen molar-refractivity contribution in [3.8, 4) is 0 Å². The molecule has 1 fully saturated rings. The molecule has 0 spiro atoms. The van der Waals surface area contributed by atoms with Crippen LogP contribution < -0.4 is 5.73 Å². The first-order valence-corrected chi connectivity index (χ1v) is 6.78. The van der Waals surface area contributed by atoms with Gasteiger partial charge in [-0.2, -0.15) is 0 Å². The minimum Gasteiger partial charge on any atom is -0.396 e. The number of hydrogen-bond acceptors (Lipinski definition) is 3. The maximum Gasteiger partial charge on any atom is 0.240 e. The summed E-state index contributed by atoms with van der Waals surface area (Å²) < 4.78 is 0. The Labute approximate surface area is 104 Å². The van der Waals surface area contributed by atoms with Crippen molar-refractivity contribution >= 4 is 5.91 Å². The predicted molar refractivity (Wildman–Crippen MR) is 68.5 cm³/mol. The Hall–Kier alpha value is -0.610. The van der Waals surface area contributed by atoms with Crippen molar-refractivity contribution in [3.63, 3.8) is 0 Å². The summed E-state index contributed by atoms with van der Waals surface area (Å²) in [5.41, 5.74) is 6.00. The molecule has 0 radical (unpaired) electrons. The zero-order chi connectivity index (χ0) is 12.8. The number of nitrogens with zero attached hydrogens (tertiary/aromatic N) is 1. The highest BCUT2D eigenvalue weighted by Gasteiger charge is 2.32. The van der Waals surface area contributed by atoms with E-state index < -0.39 is 0 Å². The molecular formula is C13H26N2O2. The van der Waals surface area contributed by atoms with E-state index in [-0.39, 0.29) is 24.5 Å². The number of carbonyl (C=O) groups excluding carboxylic acids is 1. The molecule has 1 amide bonds. The largest absolute Gasteiger partial charge is 0.396 e. The first kappa shape index (κ1) is 14.5. The van der Waals surface area contributed by atoms with Crippen molar-refractivity contribution in [1.29, 1.82) is 0 Å². The Kier molecular flexibility index (Phi) is 5.92. The van der Waals surface area contributed by atoms with Crippen molar-refractivity contribution in [2.75, 3.05) is 13.2 Å². The molecule has 3 atom stereocenters. The molecule has 4 heteroatoms. The predicted octanol–water partition coefficient (Wildman–Crippen LogP) is 1.12. The number of carbonyl (C=O) groups is 1. The SMILES string of the molecule is CCC(C)C(N)C(=O)N1CCCC1CCCO. The standard InChI is InChI=1S/C13H26N2O2/c1-3-10(2)12(14)13(17)15-8-4-6-11(15)7-5-9-16/h10-12,16H,3-9,14H2,1-2H3. The van der Waals surface area contributed by atoms with E-state index in [0.717, 1.165) is 38.6 Å². The van der Waals surface area contributed by atoms with Crippen LogP contribution in [0.15, 0.2) is 0 Å². The number of aliphatic hydroxyl groups excluding tert-OH is 1. The molecule has 1 heterocycles. The Morgan fingerprint density at radius 1 is 1.59 bits per heavy atom. The summed E-state index contributed by atoms with van der Waals surface area (Å²) in [6, 6.07) is -0.0699. The number of nitrogens with two attached hydrogens (primary N) is 1. The molecule has 0 aromatic rings. The third-order valence-corrected chi connectivity index (χ3v) is 3.90. The molecule has 17 heavy (non-hydrogen) atoms. The third-order valence-electron chi connectivity index (χ3n) is 3.90. The average Bonchev–Trinajstić information content (AvgIpc) is 2.81. The summed E-state index contributed by atoms with van der Waals surface area (Å²) >= 11 is 0. The lowest BCUT2D eigenvalue weighted by Gasteiger charge is -2.29. The van der Waals surface area contributed by atoms with Gasteiger partial charge in [-0.1, -0.05) is 20.3 Å². The number of aliphatic hydroxyl groups is 1. The van der Waals surface area contributed by atoms with E-state index in [1.54, 1.807) is 0 Å². The van der Waals surface area contributed by atoms with Crippen LogP contribution in [0.3, 0.4) is 0 Å². The summed E-state index contributed by atoms with van der Waals surface area (Å²) in [5.74, 6) is 0.335. The fraction of sp³-hybridized carbons (Fsp3) is 0.923. The van der Waals surface area contributed by atoms with Crippen LogP contribution in [0.1, 0.15) is 46.0 Å². The zero-order valence-electron chi connectivity index (χ0n) is 11.1. The molecule has 1 saturated heterocycles. The lowest BCUT2D eigenvalue weighted by molar-refractivity contribution is -0.134. The highest BCUT2D eigenvalue weighted by Crippen LogP contribution is 2.23. The van der Waals surface area contributed by atoms with E-state index in [9.17, 15) is 4.79 Å². The lowest BCUT2D eigenvalue weighted by atomic mass is 9.98. The van der Waals surface area contributed by atoms with Gasteiger partial charge in [0.15, 0.2) is 0 Å². The lowest BCUT2D eigenvalue weighted by Crippen LogP contribution is -2.48. The van der Waals surface area contributed by atoms with Gasteiger partial charge in [0.1, 0.15) is 0 Å². The average molecular weight is 242 g/mol. The van der Waals surface area contributed by atoms with Gasteiger partial charge in [-0.15, -0.1) is 0 Å². The van der Waals surface area contributed by atoms with Gasteiger partial charge in [0.25, 0.3) is 0 Å². The number of likely N-dealkylation sites (tertiary alicyclic amines) is 1. The smallest absolute Gasteiger partial charge is 0.240 e. The molecule has 3 N–H and O–H groups in total. The van der Waals surface area contributed by atoms with Gasteiger partial charge in [0.2, 0.25) is 5.91 Å². The zero-order valence-corrected chi connectivity index (χ0v) is 11.1. The molecular weight excluding hydrogens is 216 g/mol. The van der Waals surface area contributed by atoms with Crippen molar-refractivity contribution in [2.45, 2.75) is 58.0 Å². The van der Waals surface area contributed by atoms with Gasteiger partial charge in [0, 0.05) is 19.2 Å². The molecule has 1 aliphatic heterocycles. The van der Waals surface area contributed by atoms with Crippen LogP contribution in [-0.2, 0) is 4.79 Å². The normalized spacial score (nSPS) is 23.8. The van der Waals surface area contributed by atoms with E-state index >= 15 is 0 Å². The van der Waals surface area contributed by atoms with Crippen LogP contribution in [0.2, 0.25) is 0 Å². The Morgan fingerprint density at radius 3 is 2.88 bits per heavy atom. The first-order chi connectivity index (χ1) is 8.11. The number of hydrogen-bond donors (Lipinski definition) is 2. The molecule has 100 valence electrons. The second kappa shape index (κ2) is 6.97. The molecule has 0 aromatic heterocycles. The van der Waals surface area contributed by atoms with E-state index in [1.165, 1.54) is 0 Å². The van der Waals surface area contributed by atoms with Crippen molar-refractivity contribution in [3.05, 3.63) is 0 Å².